The lowest BCUT2D eigenvalue weighted by atomic mass is 10.2. The van der Waals surface area contributed by atoms with Gasteiger partial charge in [-0.15, -0.1) is 11.3 Å². The summed E-state index contributed by atoms with van der Waals surface area (Å²) in [4.78, 5) is 16.9. The van der Waals surface area contributed by atoms with Gasteiger partial charge in [0.2, 0.25) is 0 Å². The summed E-state index contributed by atoms with van der Waals surface area (Å²) >= 11 is 1.58. The lowest BCUT2D eigenvalue weighted by Crippen LogP contribution is -2.29. The smallest absolute Gasteiger partial charge is 0.264 e. The van der Waals surface area contributed by atoms with E-state index in [0.717, 1.165) is 22.6 Å². The number of rotatable bonds is 6. The Hall–Kier alpha value is -2.33. The molecule has 1 amide bonds. The molecule has 2 aromatic heterocycles. The summed E-state index contributed by atoms with van der Waals surface area (Å²) in [5, 5.41) is 0. The van der Waals surface area contributed by atoms with Gasteiger partial charge in [-0.25, -0.2) is 0 Å². The van der Waals surface area contributed by atoms with Crippen molar-refractivity contribution >= 4 is 17.2 Å². The van der Waals surface area contributed by atoms with Crippen molar-refractivity contribution in [1.29, 1.82) is 0 Å². The van der Waals surface area contributed by atoms with Gasteiger partial charge in [0.1, 0.15) is 5.76 Å². The molecule has 0 N–H and O–H groups in total. The van der Waals surface area contributed by atoms with E-state index in [9.17, 15) is 4.79 Å². The van der Waals surface area contributed by atoms with E-state index in [1.54, 1.807) is 17.6 Å². The third kappa shape index (κ3) is 3.77. The van der Waals surface area contributed by atoms with Gasteiger partial charge in [-0.05, 0) is 42.7 Å². The maximum absolute atomic E-state index is 13.1. The van der Waals surface area contributed by atoms with Gasteiger partial charge in [-0.3, -0.25) is 4.79 Å². The van der Waals surface area contributed by atoms with Crippen molar-refractivity contribution in [3.8, 4) is 0 Å². The van der Waals surface area contributed by atoms with E-state index in [2.05, 4.69) is 13.8 Å². The summed E-state index contributed by atoms with van der Waals surface area (Å²) in [6, 6.07) is 15.8. The van der Waals surface area contributed by atoms with Crippen LogP contribution in [0.1, 0.15) is 38.4 Å². The lowest BCUT2D eigenvalue weighted by Gasteiger charge is -2.21. The van der Waals surface area contributed by atoms with E-state index < -0.39 is 0 Å². The van der Waals surface area contributed by atoms with E-state index in [-0.39, 0.29) is 5.91 Å². The molecule has 124 valence electrons. The number of thiophene rings is 1. The van der Waals surface area contributed by atoms with E-state index in [1.165, 1.54) is 10.4 Å². The van der Waals surface area contributed by atoms with Crippen LogP contribution in [0.25, 0.3) is 0 Å². The van der Waals surface area contributed by atoms with Crippen molar-refractivity contribution in [2.75, 3.05) is 0 Å². The van der Waals surface area contributed by atoms with Gasteiger partial charge in [0, 0.05) is 11.4 Å². The van der Waals surface area contributed by atoms with E-state index in [4.69, 9.17) is 4.42 Å². The van der Waals surface area contributed by atoms with Crippen LogP contribution in [0, 0.1) is 6.92 Å². The molecular weight excluding hydrogens is 318 g/mol. The minimum Gasteiger partial charge on any atom is -0.467 e. The molecule has 0 aliphatic heterocycles. The minimum absolute atomic E-state index is 0.0584. The molecule has 0 unspecified atom stereocenters. The van der Waals surface area contributed by atoms with Gasteiger partial charge in [0.15, 0.2) is 0 Å². The van der Waals surface area contributed by atoms with Crippen LogP contribution in [0.15, 0.2) is 59.2 Å². The fourth-order valence-corrected chi connectivity index (χ4v) is 3.81. The summed E-state index contributed by atoms with van der Waals surface area (Å²) in [6.45, 7) is 5.24. The largest absolute Gasteiger partial charge is 0.467 e. The monoisotopic (exact) mass is 339 g/mol. The van der Waals surface area contributed by atoms with E-state index in [1.807, 2.05) is 53.4 Å². The minimum atomic E-state index is 0.0584. The van der Waals surface area contributed by atoms with Crippen LogP contribution < -0.4 is 0 Å². The Morgan fingerprint density at radius 1 is 1.12 bits per heavy atom. The van der Waals surface area contributed by atoms with Crippen LogP contribution in [0.3, 0.4) is 0 Å². The molecule has 3 rings (SSSR count). The van der Waals surface area contributed by atoms with Gasteiger partial charge in [-0.1, -0.05) is 37.3 Å². The molecule has 4 heteroatoms. The summed E-state index contributed by atoms with van der Waals surface area (Å²) < 4.78 is 5.45. The predicted molar refractivity (Wildman–Crippen MR) is 97.2 cm³/mol. The molecule has 0 saturated heterocycles. The zero-order valence-electron chi connectivity index (χ0n) is 14.0. The number of nitrogens with zero attached hydrogens (tertiary/aromatic N) is 1. The van der Waals surface area contributed by atoms with Crippen LogP contribution in [-0.2, 0) is 19.5 Å². The molecule has 0 aliphatic rings. The SMILES string of the molecule is CCc1cc(C(=O)N(Cc2ccccc2)Cc2ccco2)sc1C. The summed E-state index contributed by atoms with van der Waals surface area (Å²) in [5.41, 5.74) is 2.36. The number of carbonyl (C=O) groups excluding carboxylic acids is 1. The molecule has 0 fully saturated rings. The van der Waals surface area contributed by atoms with Crippen LogP contribution in [-0.4, -0.2) is 10.8 Å². The van der Waals surface area contributed by atoms with Crippen LogP contribution in [0.4, 0.5) is 0 Å². The Morgan fingerprint density at radius 3 is 2.54 bits per heavy atom. The zero-order chi connectivity index (χ0) is 16.9. The summed E-state index contributed by atoms with van der Waals surface area (Å²) in [5.74, 6) is 0.853. The lowest BCUT2D eigenvalue weighted by molar-refractivity contribution is 0.0722. The van der Waals surface area contributed by atoms with Crippen molar-refractivity contribution in [2.45, 2.75) is 33.4 Å². The normalized spacial score (nSPS) is 10.8. The molecule has 0 saturated carbocycles. The Bertz CT molecular complexity index is 790. The number of furan rings is 1. The molecule has 2 heterocycles. The molecule has 24 heavy (non-hydrogen) atoms. The second-order valence-electron chi connectivity index (χ2n) is 5.77. The first-order valence-corrected chi connectivity index (χ1v) is 8.94. The molecule has 3 nitrogen and oxygen atoms in total. The second kappa shape index (κ2) is 7.49. The van der Waals surface area contributed by atoms with Crippen LogP contribution in [0.2, 0.25) is 0 Å². The standard InChI is InChI=1S/C20H21NO2S/c1-3-17-12-19(24-15(17)2)20(22)21(14-18-10-7-11-23-18)13-16-8-5-4-6-9-16/h4-12H,3,13-14H2,1-2H3. The molecule has 0 atom stereocenters. The first kappa shape index (κ1) is 16.5. The van der Waals surface area contributed by atoms with Crippen molar-refractivity contribution in [1.82, 2.24) is 4.90 Å². The highest BCUT2D eigenvalue weighted by Gasteiger charge is 2.20. The van der Waals surface area contributed by atoms with Gasteiger partial charge in [0.25, 0.3) is 5.91 Å². The molecule has 0 spiro atoms. The number of carbonyl (C=O) groups is 1. The summed E-state index contributed by atoms with van der Waals surface area (Å²) in [6.07, 6.45) is 2.59. The average Bonchev–Trinajstić information content (AvgIpc) is 3.24. The average molecular weight is 339 g/mol. The van der Waals surface area contributed by atoms with Gasteiger partial charge in [-0.2, -0.15) is 0 Å². The molecule has 0 radical (unpaired) electrons. The van der Waals surface area contributed by atoms with E-state index in [0.29, 0.717) is 13.1 Å². The second-order valence-corrected chi connectivity index (χ2v) is 7.03. The van der Waals surface area contributed by atoms with Gasteiger partial charge >= 0.3 is 0 Å². The maximum Gasteiger partial charge on any atom is 0.264 e. The number of hydrogen-bond donors (Lipinski definition) is 0. The third-order valence-electron chi connectivity index (χ3n) is 4.04. The number of benzene rings is 1. The van der Waals surface area contributed by atoms with Crippen molar-refractivity contribution in [2.24, 2.45) is 0 Å². The van der Waals surface area contributed by atoms with Crippen LogP contribution in [0.5, 0.6) is 0 Å². The number of amides is 1. The fraction of sp³-hybridized carbons (Fsp3) is 0.250. The van der Waals surface area contributed by atoms with Gasteiger partial charge in [0.05, 0.1) is 17.7 Å². The quantitative estimate of drug-likeness (QED) is 0.629. The van der Waals surface area contributed by atoms with Gasteiger partial charge < -0.3 is 9.32 Å². The zero-order valence-corrected chi connectivity index (χ0v) is 14.8. The van der Waals surface area contributed by atoms with E-state index >= 15 is 0 Å². The third-order valence-corrected chi connectivity index (χ3v) is 5.12. The molecule has 3 aromatic rings. The Labute approximate surface area is 146 Å². The van der Waals surface area contributed by atoms with Crippen molar-refractivity contribution in [3.63, 3.8) is 0 Å². The number of hydrogen-bond acceptors (Lipinski definition) is 3. The Kier molecular flexibility index (Phi) is 5.16. The topological polar surface area (TPSA) is 33.5 Å². The Balaban J connectivity index is 1.86. The molecule has 0 aliphatic carbocycles. The highest BCUT2D eigenvalue weighted by Crippen LogP contribution is 2.25. The highest BCUT2D eigenvalue weighted by atomic mass is 32.1. The highest BCUT2D eigenvalue weighted by molar-refractivity contribution is 7.14. The Morgan fingerprint density at radius 2 is 1.92 bits per heavy atom. The fourth-order valence-electron chi connectivity index (χ4n) is 2.73. The molecule has 0 bridgehead atoms. The molecular formula is C20H21NO2S. The predicted octanol–water partition coefficient (Wildman–Crippen LogP) is 5.05. The molecule has 1 aromatic carbocycles. The van der Waals surface area contributed by atoms with Crippen LogP contribution >= 0.6 is 11.3 Å². The summed E-state index contributed by atoms with van der Waals surface area (Å²) in [7, 11) is 0. The number of aryl methyl sites for hydroxylation is 2. The first-order valence-electron chi connectivity index (χ1n) is 8.12. The maximum atomic E-state index is 13.1. The first-order chi connectivity index (χ1) is 11.7. The van der Waals surface area contributed by atoms with Crippen molar-refractivity contribution in [3.05, 3.63) is 81.4 Å². The van der Waals surface area contributed by atoms with Crippen molar-refractivity contribution < 1.29 is 9.21 Å².